The molecule has 0 amide bonds. The summed E-state index contributed by atoms with van der Waals surface area (Å²) >= 11 is 6.20. The molecule has 0 saturated carbocycles. The second-order valence-corrected chi connectivity index (χ2v) is 5.15. The average molecular weight is 250 g/mol. The Bertz CT molecular complexity index is 440. The molecule has 0 aliphatic heterocycles. The third-order valence-electron chi connectivity index (χ3n) is 3.45. The predicted molar refractivity (Wildman–Crippen MR) is 76.2 cm³/mol. The van der Waals surface area contributed by atoms with E-state index in [-0.39, 0.29) is 0 Å². The summed E-state index contributed by atoms with van der Waals surface area (Å²) < 4.78 is 0. The minimum atomic E-state index is 0.646. The fourth-order valence-electron chi connectivity index (χ4n) is 2.54. The number of halogens is 1. The molecule has 1 N–H and O–H groups in total. The molecule has 0 aromatic carbocycles. The number of hydrogen-bond acceptors (Lipinski definition) is 0. The van der Waals surface area contributed by atoms with Crippen molar-refractivity contribution in [3.8, 4) is 0 Å². The lowest BCUT2D eigenvalue weighted by Gasteiger charge is -2.13. The molecule has 1 unspecified atom stereocenters. The third kappa shape index (κ3) is 2.66. The maximum atomic E-state index is 6.20. The Labute approximate surface area is 109 Å². The lowest BCUT2D eigenvalue weighted by Crippen LogP contribution is -1.97. The first-order chi connectivity index (χ1) is 8.26. The molecule has 0 fully saturated rings. The van der Waals surface area contributed by atoms with Crippen LogP contribution in [0.15, 0.2) is 17.3 Å². The van der Waals surface area contributed by atoms with Crippen LogP contribution in [-0.2, 0) is 0 Å². The van der Waals surface area contributed by atoms with Crippen LogP contribution in [0, 0.1) is 0 Å². The second-order valence-electron chi connectivity index (χ2n) is 4.66. The summed E-state index contributed by atoms with van der Waals surface area (Å²) in [6.07, 6.45) is 13.0. The first-order valence-corrected chi connectivity index (χ1v) is 6.87. The largest absolute Gasteiger partial charge is 0.361 e. The van der Waals surface area contributed by atoms with Crippen molar-refractivity contribution in [1.82, 2.24) is 4.98 Å². The highest BCUT2D eigenvalue weighted by atomic mass is 35.5. The van der Waals surface area contributed by atoms with Gasteiger partial charge in [0.15, 0.2) is 0 Å². The van der Waals surface area contributed by atoms with E-state index >= 15 is 0 Å². The molecule has 2 rings (SSSR count). The van der Waals surface area contributed by atoms with Gasteiger partial charge in [0.1, 0.15) is 0 Å². The van der Waals surface area contributed by atoms with Crippen molar-refractivity contribution in [2.75, 3.05) is 0 Å². The van der Waals surface area contributed by atoms with Crippen molar-refractivity contribution < 1.29 is 0 Å². The van der Waals surface area contributed by atoms with Crippen molar-refractivity contribution in [3.05, 3.63) is 34.1 Å². The van der Waals surface area contributed by atoms with E-state index in [2.05, 4.69) is 43.3 Å². The van der Waals surface area contributed by atoms with Crippen molar-refractivity contribution in [2.24, 2.45) is 0 Å². The van der Waals surface area contributed by atoms with Gasteiger partial charge in [0, 0.05) is 28.9 Å². The van der Waals surface area contributed by atoms with Crippen LogP contribution in [0.5, 0.6) is 0 Å². The fourth-order valence-corrected chi connectivity index (χ4v) is 2.73. The minimum Gasteiger partial charge on any atom is -0.361 e. The van der Waals surface area contributed by atoms with E-state index in [1.54, 1.807) is 0 Å². The van der Waals surface area contributed by atoms with Crippen LogP contribution in [0.3, 0.4) is 0 Å². The molecule has 0 spiro atoms. The zero-order valence-electron chi connectivity index (χ0n) is 10.6. The van der Waals surface area contributed by atoms with Gasteiger partial charge in [0.05, 0.1) is 0 Å². The van der Waals surface area contributed by atoms with E-state index in [9.17, 15) is 0 Å². The van der Waals surface area contributed by atoms with E-state index in [1.807, 2.05) is 0 Å². The molecule has 1 heterocycles. The summed E-state index contributed by atoms with van der Waals surface area (Å²) in [6.45, 7) is 4.51. The van der Waals surface area contributed by atoms with E-state index < -0.39 is 0 Å². The summed E-state index contributed by atoms with van der Waals surface area (Å²) in [4.78, 5) is 3.37. The molecule has 1 nitrogen and oxygen atoms in total. The molecule has 1 aliphatic rings. The zero-order chi connectivity index (χ0) is 12.3. The van der Waals surface area contributed by atoms with E-state index in [0.29, 0.717) is 5.92 Å². The van der Waals surface area contributed by atoms with Crippen molar-refractivity contribution >= 4 is 23.8 Å². The highest BCUT2D eigenvalue weighted by molar-refractivity contribution is 6.31. The monoisotopic (exact) mass is 249 g/mol. The number of rotatable bonds is 4. The molecule has 0 radical (unpaired) electrons. The Hall–Kier alpha value is -0.950. The molecule has 0 saturated heterocycles. The normalized spacial score (nSPS) is 16.3. The highest BCUT2D eigenvalue weighted by Gasteiger charge is 2.17. The molecule has 1 atom stereocenters. The number of hydrogen-bond donors (Lipinski definition) is 1. The molecule has 92 valence electrons. The molecule has 17 heavy (non-hydrogen) atoms. The molecule has 1 aromatic rings. The SMILES string of the molecule is CCCC(CC)c1c[nH]c2c1C=C(Cl)CC=C2. The summed E-state index contributed by atoms with van der Waals surface area (Å²) in [5.41, 5.74) is 3.92. The van der Waals surface area contributed by atoms with Crippen LogP contribution in [0.25, 0.3) is 12.2 Å². The van der Waals surface area contributed by atoms with Crippen molar-refractivity contribution in [2.45, 2.75) is 45.4 Å². The van der Waals surface area contributed by atoms with Gasteiger partial charge < -0.3 is 4.98 Å². The van der Waals surface area contributed by atoms with Crippen LogP contribution >= 0.6 is 11.6 Å². The van der Waals surface area contributed by atoms with E-state index in [0.717, 1.165) is 11.5 Å². The Morgan fingerprint density at radius 1 is 1.41 bits per heavy atom. The van der Waals surface area contributed by atoms with Gasteiger partial charge in [-0.05, 0) is 36.5 Å². The lowest BCUT2D eigenvalue weighted by molar-refractivity contribution is 0.596. The smallest absolute Gasteiger partial charge is 0.0454 e. The lowest BCUT2D eigenvalue weighted by atomic mass is 9.90. The van der Waals surface area contributed by atoms with Crippen LogP contribution in [0.2, 0.25) is 0 Å². The minimum absolute atomic E-state index is 0.646. The Morgan fingerprint density at radius 3 is 2.94 bits per heavy atom. The van der Waals surface area contributed by atoms with Gasteiger partial charge in [-0.2, -0.15) is 0 Å². The Morgan fingerprint density at radius 2 is 2.24 bits per heavy atom. The van der Waals surface area contributed by atoms with Crippen LogP contribution in [-0.4, -0.2) is 4.98 Å². The summed E-state index contributed by atoms with van der Waals surface area (Å²) in [5, 5.41) is 0.923. The maximum Gasteiger partial charge on any atom is 0.0454 e. The number of nitrogens with one attached hydrogen (secondary N) is 1. The molecule has 1 aromatic heterocycles. The van der Waals surface area contributed by atoms with Crippen LogP contribution in [0.4, 0.5) is 0 Å². The molecule has 0 bridgehead atoms. The second kappa shape index (κ2) is 5.59. The third-order valence-corrected chi connectivity index (χ3v) is 3.72. The van der Waals surface area contributed by atoms with Gasteiger partial charge in [-0.25, -0.2) is 0 Å². The van der Waals surface area contributed by atoms with E-state index in [1.165, 1.54) is 36.1 Å². The fraction of sp³-hybridized carbons (Fsp3) is 0.467. The maximum absolute atomic E-state index is 6.20. The summed E-state index contributed by atoms with van der Waals surface area (Å²) in [5.74, 6) is 0.646. The van der Waals surface area contributed by atoms with Crippen LogP contribution < -0.4 is 0 Å². The first-order valence-electron chi connectivity index (χ1n) is 6.50. The van der Waals surface area contributed by atoms with Gasteiger partial charge in [0.25, 0.3) is 0 Å². The zero-order valence-corrected chi connectivity index (χ0v) is 11.3. The van der Waals surface area contributed by atoms with Gasteiger partial charge in [-0.3, -0.25) is 0 Å². The first kappa shape index (κ1) is 12.5. The predicted octanol–water partition coefficient (Wildman–Crippen LogP) is 5.31. The summed E-state index contributed by atoms with van der Waals surface area (Å²) in [7, 11) is 0. The Kier molecular flexibility index (Phi) is 4.11. The number of allylic oxidation sites excluding steroid dienone is 2. The molecular formula is C15H20ClN. The standard InChI is InChI=1S/C15H20ClN/c1-3-6-11(4-2)14-10-17-15-8-5-7-12(16)9-13(14)15/h5,8-11,17H,3-4,6-7H2,1-2H3. The molecule has 1 aliphatic carbocycles. The number of aromatic nitrogens is 1. The highest BCUT2D eigenvalue weighted by Crippen LogP contribution is 2.33. The number of H-pyrrole nitrogens is 1. The Balaban J connectivity index is 2.40. The molecule has 2 heteroatoms. The summed E-state index contributed by atoms with van der Waals surface area (Å²) in [6, 6.07) is 0. The quantitative estimate of drug-likeness (QED) is 0.745. The average Bonchev–Trinajstić information content (AvgIpc) is 2.60. The van der Waals surface area contributed by atoms with Crippen LogP contribution in [0.1, 0.15) is 62.3 Å². The van der Waals surface area contributed by atoms with Crippen molar-refractivity contribution in [1.29, 1.82) is 0 Å². The number of aromatic amines is 1. The topological polar surface area (TPSA) is 15.8 Å². The van der Waals surface area contributed by atoms with Crippen molar-refractivity contribution in [3.63, 3.8) is 0 Å². The van der Waals surface area contributed by atoms with Gasteiger partial charge in [0.2, 0.25) is 0 Å². The number of fused-ring (bicyclic) bond motifs is 1. The molecular weight excluding hydrogens is 230 g/mol. The van der Waals surface area contributed by atoms with Gasteiger partial charge in [-0.15, -0.1) is 0 Å². The van der Waals surface area contributed by atoms with E-state index in [4.69, 9.17) is 11.6 Å². The van der Waals surface area contributed by atoms with Gasteiger partial charge >= 0.3 is 0 Å². The van der Waals surface area contributed by atoms with Gasteiger partial charge in [-0.1, -0.05) is 37.9 Å².